The topological polar surface area (TPSA) is 96.6 Å². The molecule has 0 radical (unpaired) electrons. The van der Waals surface area contributed by atoms with E-state index in [1.165, 1.54) is 7.11 Å². The first-order valence-electron chi connectivity index (χ1n) is 9.82. The zero-order valence-corrected chi connectivity index (χ0v) is 19.6. The van der Waals surface area contributed by atoms with Gasteiger partial charge in [-0.1, -0.05) is 40.9 Å². The van der Waals surface area contributed by atoms with E-state index in [0.29, 0.717) is 53.0 Å². The van der Waals surface area contributed by atoms with Crippen molar-refractivity contribution < 1.29 is 9.53 Å². The summed E-state index contributed by atoms with van der Waals surface area (Å²) in [7, 11) is 1.52. The summed E-state index contributed by atoms with van der Waals surface area (Å²) in [5.41, 5.74) is 6.74. The number of hydrogen-bond donors (Lipinski definition) is 2. The van der Waals surface area contributed by atoms with Gasteiger partial charge in [0.15, 0.2) is 5.82 Å². The van der Waals surface area contributed by atoms with Gasteiger partial charge in [-0.2, -0.15) is 4.98 Å². The maximum absolute atomic E-state index is 12.4. The fourth-order valence-corrected chi connectivity index (χ4v) is 4.08. The van der Waals surface area contributed by atoms with Gasteiger partial charge in [0.2, 0.25) is 11.9 Å². The fourth-order valence-electron chi connectivity index (χ4n) is 3.36. The Balaban J connectivity index is 1.67. The van der Waals surface area contributed by atoms with E-state index in [2.05, 4.69) is 15.3 Å². The lowest BCUT2D eigenvalue weighted by Crippen LogP contribution is -2.54. The van der Waals surface area contributed by atoms with Gasteiger partial charge in [-0.05, 0) is 24.6 Å². The number of aromatic nitrogens is 2. The Kier molecular flexibility index (Phi) is 8.18. The predicted molar refractivity (Wildman–Crippen MR) is 124 cm³/mol. The molecule has 1 amide bonds. The number of nitrogens with zero attached hydrogens (tertiary/aromatic N) is 4. The monoisotopic (exact) mass is 486 g/mol. The molecular weight excluding hydrogens is 463 g/mol. The summed E-state index contributed by atoms with van der Waals surface area (Å²) in [5.74, 6) is 0.926. The molecule has 0 spiro atoms. The lowest BCUT2D eigenvalue weighted by atomic mass is 10.1. The molecular formula is C20H25Cl3N6O2. The maximum Gasteiger partial charge on any atom is 0.241 e. The molecule has 1 aliphatic heterocycles. The number of carbonyl (C=O) groups excluding carboxylic acids is 1. The average Bonchev–Trinajstić information content (AvgIpc) is 2.75. The molecule has 0 bridgehead atoms. The largest absolute Gasteiger partial charge is 0.383 e. The first-order chi connectivity index (χ1) is 14.8. The third-order valence-electron chi connectivity index (χ3n) is 5.05. The highest BCUT2D eigenvalue weighted by Gasteiger charge is 2.26. The number of halogens is 3. The number of carbonyl (C=O) groups is 1. The van der Waals surface area contributed by atoms with Crippen LogP contribution in [-0.4, -0.2) is 66.7 Å². The number of methoxy groups -OCH3 is 1. The van der Waals surface area contributed by atoms with E-state index < -0.39 is 6.04 Å². The third kappa shape index (κ3) is 5.90. The van der Waals surface area contributed by atoms with E-state index in [0.717, 1.165) is 5.56 Å². The van der Waals surface area contributed by atoms with Gasteiger partial charge < -0.3 is 25.6 Å². The quantitative estimate of drug-likeness (QED) is 0.619. The van der Waals surface area contributed by atoms with Crippen molar-refractivity contribution in [3.8, 4) is 0 Å². The molecule has 2 aromatic rings. The van der Waals surface area contributed by atoms with Crippen LogP contribution in [0.15, 0.2) is 24.4 Å². The number of amides is 1. The van der Waals surface area contributed by atoms with E-state index in [1.807, 2.05) is 17.9 Å². The molecule has 2 heterocycles. The number of ether oxygens (including phenoxy) is 1. The van der Waals surface area contributed by atoms with Crippen molar-refractivity contribution in [1.82, 2.24) is 14.9 Å². The third-order valence-corrected chi connectivity index (χ3v) is 5.89. The van der Waals surface area contributed by atoms with Gasteiger partial charge in [0.25, 0.3) is 0 Å². The number of piperazine rings is 1. The van der Waals surface area contributed by atoms with Crippen LogP contribution in [0.2, 0.25) is 15.1 Å². The van der Waals surface area contributed by atoms with Gasteiger partial charge in [0.1, 0.15) is 11.1 Å². The molecule has 2 atom stereocenters. The Bertz CT molecular complexity index is 924. The van der Waals surface area contributed by atoms with Gasteiger partial charge in [-0.15, -0.1) is 0 Å². The van der Waals surface area contributed by atoms with Gasteiger partial charge in [-0.25, -0.2) is 4.98 Å². The Hall–Kier alpha value is -1.84. The van der Waals surface area contributed by atoms with Crippen molar-refractivity contribution in [1.29, 1.82) is 0 Å². The van der Waals surface area contributed by atoms with Crippen LogP contribution in [0.25, 0.3) is 0 Å². The zero-order valence-electron chi connectivity index (χ0n) is 17.3. The fraction of sp³-hybridized carbons (Fsp3) is 0.450. The molecule has 1 aromatic heterocycles. The SMILES string of the molecule is COC[C@@H](N)C(=O)N1CCN(c2ncc(Cl)c(N[C@H](C)c3ccc(Cl)cc3Cl)n2)CC1. The van der Waals surface area contributed by atoms with Crippen LogP contribution in [-0.2, 0) is 9.53 Å². The number of benzene rings is 1. The second kappa shape index (κ2) is 10.7. The molecule has 11 heteroatoms. The van der Waals surface area contributed by atoms with Crippen molar-refractivity contribution in [3.05, 3.63) is 45.0 Å². The molecule has 0 aliphatic carbocycles. The summed E-state index contributed by atoms with van der Waals surface area (Å²) in [6.07, 6.45) is 1.56. The molecule has 1 fully saturated rings. The highest BCUT2D eigenvalue weighted by Crippen LogP contribution is 2.30. The van der Waals surface area contributed by atoms with Crippen LogP contribution in [0.3, 0.4) is 0 Å². The summed E-state index contributed by atoms with van der Waals surface area (Å²) in [4.78, 5) is 25.1. The summed E-state index contributed by atoms with van der Waals surface area (Å²) < 4.78 is 4.97. The second-order valence-corrected chi connectivity index (χ2v) is 8.52. The van der Waals surface area contributed by atoms with Crippen LogP contribution in [0.4, 0.5) is 11.8 Å². The van der Waals surface area contributed by atoms with E-state index in [4.69, 9.17) is 45.3 Å². The van der Waals surface area contributed by atoms with Crippen LogP contribution >= 0.6 is 34.8 Å². The molecule has 168 valence electrons. The average molecular weight is 488 g/mol. The van der Waals surface area contributed by atoms with E-state index in [1.54, 1.807) is 23.2 Å². The number of nitrogens with two attached hydrogens (primary N) is 1. The first-order valence-corrected chi connectivity index (χ1v) is 11.0. The predicted octanol–water partition coefficient (Wildman–Crippen LogP) is 3.23. The molecule has 0 unspecified atom stereocenters. The van der Waals surface area contributed by atoms with Crippen molar-refractivity contribution in [2.75, 3.05) is 50.1 Å². The lowest BCUT2D eigenvalue weighted by Gasteiger charge is -2.36. The molecule has 3 rings (SSSR count). The van der Waals surface area contributed by atoms with Gasteiger partial charge in [0, 0.05) is 43.3 Å². The molecule has 1 saturated heterocycles. The van der Waals surface area contributed by atoms with Crippen molar-refractivity contribution in [3.63, 3.8) is 0 Å². The minimum atomic E-state index is -0.652. The van der Waals surface area contributed by atoms with Gasteiger partial charge >= 0.3 is 0 Å². The van der Waals surface area contributed by atoms with E-state index in [9.17, 15) is 4.79 Å². The minimum absolute atomic E-state index is 0.116. The Morgan fingerprint density at radius 2 is 1.94 bits per heavy atom. The molecule has 1 aliphatic rings. The Morgan fingerprint density at radius 3 is 2.58 bits per heavy atom. The van der Waals surface area contributed by atoms with Crippen LogP contribution in [0.5, 0.6) is 0 Å². The van der Waals surface area contributed by atoms with Crippen molar-refractivity contribution in [2.24, 2.45) is 5.73 Å². The molecule has 1 aromatic carbocycles. The smallest absolute Gasteiger partial charge is 0.241 e. The van der Waals surface area contributed by atoms with Crippen LogP contribution in [0, 0.1) is 0 Å². The lowest BCUT2D eigenvalue weighted by molar-refractivity contribution is -0.134. The second-order valence-electron chi connectivity index (χ2n) is 7.27. The summed E-state index contributed by atoms with van der Waals surface area (Å²) in [6.45, 7) is 4.39. The first kappa shape index (κ1) is 23.8. The van der Waals surface area contributed by atoms with Crippen molar-refractivity contribution in [2.45, 2.75) is 19.0 Å². The highest BCUT2D eigenvalue weighted by molar-refractivity contribution is 6.35. The zero-order chi connectivity index (χ0) is 22.5. The van der Waals surface area contributed by atoms with Crippen LogP contribution < -0.4 is 16.0 Å². The minimum Gasteiger partial charge on any atom is -0.383 e. The number of rotatable bonds is 7. The van der Waals surface area contributed by atoms with Crippen LogP contribution in [0.1, 0.15) is 18.5 Å². The number of hydrogen-bond acceptors (Lipinski definition) is 7. The summed E-state index contributed by atoms with van der Waals surface area (Å²) in [5, 5.41) is 4.83. The Labute approximate surface area is 196 Å². The van der Waals surface area contributed by atoms with Gasteiger partial charge in [-0.3, -0.25) is 4.79 Å². The summed E-state index contributed by atoms with van der Waals surface area (Å²) >= 11 is 18.6. The van der Waals surface area contributed by atoms with E-state index >= 15 is 0 Å². The molecule has 8 nitrogen and oxygen atoms in total. The summed E-state index contributed by atoms with van der Waals surface area (Å²) in [6, 6.07) is 4.54. The van der Waals surface area contributed by atoms with Gasteiger partial charge in [0.05, 0.1) is 18.8 Å². The number of anilines is 2. The molecule has 3 N–H and O–H groups in total. The van der Waals surface area contributed by atoms with E-state index in [-0.39, 0.29) is 18.6 Å². The highest BCUT2D eigenvalue weighted by atomic mass is 35.5. The standard InChI is InChI=1S/C20H25Cl3N6O2/c1-12(14-4-3-13(21)9-15(14)22)26-18-16(23)10-25-20(27-18)29-7-5-28(6-8-29)19(30)17(24)11-31-2/h3-4,9-10,12,17H,5-8,11,24H2,1-2H3,(H,25,26,27)/t12-,17-/m1/s1. The normalized spacial score (nSPS) is 16.2. The molecule has 31 heavy (non-hydrogen) atoms. The maximum atomic E-state index is 12.4. The molecule has 0 saturated carbocycles. The van der Waals surface area contributed by atoms with Crippen molar-refractivity contribution >= 4 is 52.5 Å². The Morgan fingerprint density at radius 1 is 1.23 bits per heavy atom. The number of nitrogens with one attached hydrogen (secondary N) is 1.